The van der Waals surface area contributed by atoms with Crippen molar-refractivity contribution in [2.24, 2.45) is 0 Å². The smallest absolute Gasteiger partial charge is 0.182 e. The van der Waals surface area contributed by atoms with Crippen LogP contribution >= 0.6 is 21.2 Å². The standard InChI is InChI=1S/C13H17IO2/c15-14-11-7-9-13(10-8-11)16-12-5-3-1-2-4-6-12/h7-10,12H,1-6H2. The molecule has 0 N–H and O–H groups in total. The summed E-state index contributed by atoms with van der Waals surface area (Å²) in [7, 11) is 0. The van der Waals surface area contributed by atoms with Gasteiger partial charge in [0.15, 0.2) is 21.2 Å². The van der Waals surface area contributed by atoms with Gasteiger partial charge in [-0.1, -0.05) is 12.8 Å². The molecule has 1 saturated carbocycles. The van der Waals surface area contributed by atoms with Crippen molar-refractivity contribution in [2.75, 3.05) is 0 Å². The lowest BCUT2D eigenvalue weighted by molar-refractivity contribution is 0.183. The fourth-order valence-electron chi connectivity index (χ4n) is 2.12. The average Bonchev–Trinajstić information content (AvgIpc) is 2.59. The van der Waals surface area contributed by atoms with E-state index in [-0.39, 0.29) is 0 Å². The van der Waals surface area contributed by atoms with Crippen LogP contribution in [0.15, 0.2) is 24.3 Å². The molecule has 1 fully saturated rings. The Morgan fingerprint density at radius 3 is 2.19 bits per heavy atom. The summed E-state index contributed by atoms with van der Waals surface area (Å²) < 4.78 is 17.6. The second-order valence-corrected chi connectivity index (χ2v) is 5.95. The van der Waals surface area contributed by atoms with Gasteiger partial charge < -0.3 is 4.74 Å². The van der Waals surface area contributed by atoms with Crippen LogP contribution in [0.1, 0.15) is 38.5 Å². The van der Waals surface area contributed by atoms with Gasteiger partial charge in [-0.25, -0.2) is 0 Å². The highest BCUT2D eigenvalue weighted by molar-refractivity contribution is 14.1. The average molecular weight is 332 g/mol. The first-order valence-corrected chi connectivity index (χ1v) is 7.88. The van der Waals surface area contributed by atoms with Crippen LogP contribution in [0.25, 0.3) is 0 Å². The van der Waals surface area contributed by atoms with Crippen LogP contribution in [-0.2, 0) is 3.07 Å². The molecule has 0 unspecified atom stereocenters. The fraction of sp³-hybridized carbons (Fsp3) is 0.538. The Morgan fingerprint density at radius 1 is 1.00 bits per heavy atom. The zero-order valence-electron chi connectivity index (χ0n) is 9.32. The van der Waals surface area contributed by atoms with Gasteiger partial charge in [0, 0.05) is 3.57 Å². The van der Waals surface area contributed by atoms with Crippen molar-refractivity contribution in [1.82, 2.24) is 0 Å². The number of ether oxygens (including phenoxy) is 1. The van der Waals surface area contributed by atoms with E-state index in [1.165, 1.54) is 38.5 Å². The van der Waals surface area contributed by atoms with E-state index in [0.717, 1.165) is 9.32 Å². The minimum absolute atomic E-state index is 0.385. The van der Waals surface area contributed by atoms with E-state index >= 15 is 0 Å². The molecule has 1 aromatic carbocycles. The highest BCUT2D eigenvalue weighted by Crippen LogP contribution is 2.23. The molecule has 3 heteroatoms. The van der Waals surface area contributed by atoms with Gasteiger partial charge in [0.05, 0.1) is 6.10 Å². The second kappa shape index (κ2) is 6.33. The van der Waals surface area contributed by atoms with Gasteiger partial charge in [-0.15, -0.1) is 0 Å². The van der Waals surface area contributed by atoms with Crippen LogP contribution < -0.4 is 4.74 Å². The van der Waals surface area contributed by atoms with Crippen LogP contribution in [0, 0.1) is 3.57 Å². The van der Waals surface area contributed by atoms with Crippen molar-refractivity contribution < 1.29 is 7.81 Å². The Balaban J connectivity index is 1.93. The first-order chi connectivity index (χ1) is 7.88. The predicted molar refractivity (Wildman–Crippen MR) is 72.0 cm³/mol. The molecule has 88 valence electrons. The lowest BCUT2D eigenvalue weighted by atomic mass is 10.1. The maximum Gasteiger partial charge on any atom is 0.182 e. The lowest BCUT2D eigenvalue weighted by Crippen LogP contribution is -2.14. The third-order valence-corrected chi connectivity index (χ3v) is 4.24. The monoisotopic (exact) mass is 332 g/mol. The molecular weight excluding hydrogens is 315 g/mol. The maximum absolute atomic E-state index is 10.7. The first-order valence-electron chi connectivity index (χ1n) is 5.92. The molecule has 1 aromatic rings. The van der Waals surface area contributed by atoms with Gasteiger partial charge in [0.1, 0.15) is 5.75 Å². The summed E-state index contributed by atoms with van der Waals surface area (Å²) >= 11 is -1.03. The molecule has 1 aliphatic carbocycles. The predicted octanol–water partition coefficient (Wildman–Crippen LogP) is 4.27. The summed E-state index contributed by atoms with van der Waals surface area (Å²) in [6.07, 6.45) is 8.00. The quantitative estimate of drug-likeness (QED) is 0.610. The second-order valence-electron chi connectivity index (χ2n) is 4.26. The van der Waals surface area contributed by atoms with E-state index in [9.17, 15) is 3.07 Å². The fourth-order valence-corrected chi connectivity index (χ4v) is 2.77. The number of hydrogen-bond donors (Lipinski definition) is 0. The van der Waals surface area contributed by atoms with Crippen LogP contribution in [0.4, 0.5) is 0 Å². The molecule has 16 heavy (non-hydrogen) atoms. The van der Waals surface area contributed by atoms with E-state index in [2.05, 4.69) is 0 Å². The van der Waals surface area contributed by atoms with E-state index in [1.54, 1.807) is 0 Å². The van der Waals surface area contributed by atoms with Gasteiger partial charge in [0.2, 0.25) is 0 Å². The third-order valence-electron chi connectivity index (χ3n) is 3.01. The Morgan fingerprint density at radius 2 is 1.62 bits per heavy atom. The Bertz CT molecular complexity index is 326. The summed E-state index contributed by atoms with van der Waals surface area (Å²) in [4.78, 5) is 0. The number of hydrogen-bond acceptors (Lipinski definition) is 2. The summed E-state index contributed by atoms with van der Waals surface area (Å²) in [5, 5.41) is 0. The molecular formula is C13H17IO2. The summed E-state index contributed by atoms with van der Waals surface area (Å²) in [6, 6.07) is 7.70. The maximum atomic E-state index is 10.7. The van der Waals surface area contributed by atoms with Crippen molar-refractivity contribution in [2.45, 2.75) is 44.6 Å². The molecule has 0 bridgehead atoms. The van der Waals surface area contributed by atoms with Crippen molar-refractivity contribution in [1.29, 1.82) is 0 Å². The zero-order chi connectivity index (χ0) is 11.2. The molecule has 0 radical (unpaired) electrons. The van der Waals surface area contributed by atoms with E-state index in [4.69, 9.17) is 4.74 Å². The molecule has 0 aliphatic heterocycles. The largest absolute Gasteiger partial charge is 0.490 e. The molecule has 0 amide bonds. The van der Waals surface area contributed by atoms with Crippen LogP contribution in [-0.4, -0.2) is 6.10 Å². The third kappa shape index (κ3) is 3.54. The molecule has 0 heterocycles. The van der Waals surface area contributed by atoms with Gasteiger partial charge in [-0.05, 0) is 49.9 Å². The van der Waals surface area contributed by atoms with Crippen molar-refractivity contribution in [3.63, 3.8) is 0 Å². The number of benzene rings is 1. The zero-order valence-corrected chi connectivity index (χ0v) is 11.5. The van der Waals surface area contributed by atoms with Gasteiger partial charge in [0.25, 0.3) is 0 Å². The van der Waals surface area contributed by atoms with E-state index in [0.29, 0.717) is 6.10 Å². The van der Waals surface area contributed by atoms with Crippen molar-refractivity contribution in [3.05, 3.63) is 27.8 Å². The van der Waals surface area contributed by atoms with Crippen molar-refractivity contribution >= 4 is 21.2 Å². The van der Waals surface area contributed by atoms with Crippen molar-refractivity contribution in [3.8, 4) is 5.75 Å². The van der Waals surface area contributed by atoms with Crippen LogP contribution in [0.2, 0.25) is 0 Å². The highest BCUT2D eigenvalue weighted by atomic mass is 127. The molecule has 0 saturated heterocycles. The number of rotatable bonds is 3. The minimum Gasteiger partial charge on any atom is -0.490 e. The van der Waals surface area contributed by atoms with Gasteiger partial charge >= 0.3 is 0 Å². The molecule has 1 aliphatic rings. The topological polar surface area (TPSA) is 26.3 Å². The van der Waals surface area contributed by atoms with Crippen LogP contribution in [0.5, 0.6) is 5.75 Å². The first kappa shape index (κ1) is 12.0. The Hall–Kier alpha value is -0.450. The molecule has 0 atom stereocenters. The van der Waals surface area contributed by atoms with E-state index < -0.39 is 21.2 Å². The Kier molecular flexibility index (Phi) is 4.75. The minimum atomic E-state index is -1.03. The summed E-state index contributed by atoms with van der Waals surface area (Å²) in [5.74, 6) is 0.924. The normalized spacial score (nSPS) is 18.0. The summed E-state index contributed by atoms with van der Waals surface area (Å²) in [5.41, 5.74) is 0. The Labute approximate surface area is 107 Å². The van der Waals surface area contributed by atoms with Gasteiger partial charge in [-0.2, -0.15) is 0 Å². The molecule has 0 aromatic heterocycles. The number of halogens is 1. The molecule has 2 rings (SSSR count). The SMILES string of the molecule is O=Ic1ccc(OC2CCCCCC2)cc1. The van der Waals surface area contributed by atoms with Crippen LogP contribution in [0.3, 0.4) is 0 Å². The highest BCUT2D eigenvalue weighted by Gasteiger charge is 2.13. The summed E-state index contributed by atoms with van der Waals surface area (Å²) in [6.45, 7) is 0. The molecule has 0 spiro atoms. The van der Waals surface area contributed by atoms with Gasteiger partial charge in [-0.3, -0.25) is 3.07 Å². The van der Waals surface area contributed by atoms with E-state index in [1.807, 2.05) is 24.3 Å². The molecule has 2 nitrogen and oxygen atoms in total. The lowest BCUT2D eigenvalue weighted by Gasteiger charge is -2.16.